The first-order valence-electron chi connectivity index (χ1n) is 13.8. The van der Waals surface area contributed by atoms with Gasteiger partial charge in [-0.25, -0.2) is 9.78 Å². The van der Waals surface area contributed by atoms with Gasteiger partial charge in [0.2, 0.25) is 17.7 Å². The van der Waals surface area contributed by atoms with Gasteiger partial charge >= 0.3 is 5.97 Å². The Morgan fingerprint density at radius 2 is 1.48 bits per heavy atom. The van der Waals surface area contributed by atoms with E-state index in [-0.39, 0.29) is 30.9 Å². The molecule has 0 saturated heterocycles. The first-order chi connectivity index (χ1) is 20.1. The summed E-state index contributed by atoms with van der Waals surface area (Å²) in [7, 11) is 0. The van der Waals surface area contributed by atoms with E-state index in [0.717, 1.165) is 5.56 Å². The molecule has 0 aliphatic rings. The number of aromatic hydroxyl groups is 1. The first kappa shape index (κ1) is 31.8. The molecule has 3 amide bonds. The average molecular weight is 579 g/mol. The molecule has 3 rings (SSSR count). The summed E-state index contributed by atoms with van der Waals surface area (Å²) in [5.41, 5.74) is 8.08. The van der Waals surface area contributed by atoms with Crippen molar-refractivity contribution < 1.29 is 29.4 Å². The Labute approximate surface area is 244 Å². The van der Waals surface area contributed by atoms with Crippen molar-refractivity contribution in [2.75, 3.05) is 0 Å². The number of rotatable bonds is 15. The number of nitrogens with two attached hydrogens (primary N) is 1. The normalized spacial score (nSPS) is 14.5. The van der Waals surface area contributed by atoms with Gasteiger partial charge in [-0.15, -0.1) is 0 Å². The summed E-state index contributed by atoms with van der Waals surface area (Å²) in [5, 5.41) is 27.5. The van der Waals surface area contributed by atoms with E-state index in [9.17, 15) is 29.4 Å². The fourth-order valence-corrected chi connectivity index (χ4v) is 4.35. The Morgan fingerprint density at radius 3 is 2.07 bits per heavy atom. The number of hydrogen-bond acceptors (Lipinski definition) is 7. The largest absolute Gasteiger partial charge is 0.508 e. The van der Waals surface area contributed by atoms with E-state index < -0.39 is 47.9 Å². The molecule has 12 nitrogen and oxygen atoms in total. The molecular formula is C30H38N6O6. The highest BCUT2D eigenvalue weighted by Gasteiger charge is 2.32. The van der Waals surface area contributed by atoms with E-state index in [4.69, 9.17) is 5.73 Å². The second kappa shape index (κ2) is 15.3. The summed E-state index contributed by atoms with van der Waals surface area (Å²) in [4.78, 5) is 58.8. The Kier molecular flexibility index (Phi) is 11.6. The minimum Gasteiger partial charge on any atom is -0.508 e. The lowest BCUT2D eigenvalue weighted by Gasteiger charge is -2.28. The summed E-state index contributed by atoms with van der Waals surface area (Å²) in [6, 6.07) is 10.6. The highest BCUT2D eigenvalue weighted by atomic mass is 16.4. The van der Waals surface area contributed by atoms with Crippen molar-refractivity contribution in [2.45, 2.75) is 63.7 Å². The van der Waals surface area contributed by atoms with Gasteiger partial charge in [0, 0.05) is 31.2 Å². The molecular weight excluding hydrogens is 540 g/mol. The highest BCUT2D eigenvalue weighted by Crippen LogP contribution is 2.14. The van der Waals surface area contributed by atoms with E-state index >= 15 is 0 Å². The molecule has 0 aliphatic heterocycles. The maximum atomic E-state index is 13.6. The number of carboxylic acids is 1. The molecule has 5 unspecified atom stereocenters. The number of benzene rings is 2. The van der Waals surface area contributed by atoms with Gasteiger partial charge in [-0.3, -0.25) is 14.4 Å². The van der Waals surface area contributed by atoms with Crippen molar-refractivity contribution in [1.82, 2.24) is 25.9 Å². The number of phenols is 1. The van der Waals surface area contributed by atoms with Gasteiger partial charge in [0.05, 0.1) is 12.4 Å². The third-order valence-corrected chi connectivity index (χ3v) is 7.03. The number of nitrogens with zero attached hydrogens (tertiary/aromatic N) is 1. The Bertz CT molecular complexity index is 1320. The van der Waals surface area contributed by atoms with Crippen LogP contribution in [0.3, 0.4) is 0 Å². The van der Waals surface area contributed by atoms with Crippen molar-refractivity contribution in [2.24, 2.45) is 11.7 Å². The average Bonchev–Trinajstić information content (AvgIpc) is 3.49. The minimum atomic E-state index is -1.25. The van der Waals surface area contributed by atoms with Crippen molar-refractivity contribution in [3.63, 3.8) is 0 Å². The zero-order valence-electron chi connectivity index (χ0n) is 23.6. The van der Waals surface area contributed by atoms with Gasteiger partial charge < -0.3 is 36.9 Å². The van der Waals surface area contributed by atoms with Gasteiger partial charge in [0.15, 0.2) is 0 Å². The maximum Gasteiger partial charge on any atom is 0.326 e. The topological polar surface area (TPSA) is 200 Å². The van der Waals surface area contributed by atoms with Crippen molar-refractivity contribution >= 4 is 23.7 Å². The van der Waals surface area contributed by atoms with Crippen LogP contribution in [0.1, 0.15) is 37.1 Å². The number of H-pyrrole nitrogens is 1. The SMILES string of the molecule is CCC(C)C(NC(=O)C(N)Cc1cnc[nH]1)C(=O)NC(Cc1ccc(O)cc1)C(=O)NC(Cc1ccccc1)C(=O)O. The van der Waals surface area contributed by atoms with Crippen LogP contribution in [-0.2, 0) is 38.4 Å². The fraction of sp³-hybridized carbons (Fsp3) is 0.367. The molecule has 12 heteroatoms. The number of carbonyl (C=O) groups is 4. The molecule has 5 atom stereocenters. The maximum absolute atomic E-state index is 13.6. The molecule has 1 aromatic heterocycles. The number of phenolic OH excluding ortho intramolecular Hbond substituents is 1. The predicted octanol–water partition coefficient (Wildman–Crippen LogP) is 1.06. The Morgan fingerprint density at radius 1 is 0.857 bits per heavy atom. The molecule has 0 aliphatic carbocycles. The molecule has 0 radical (unpaired) electrons. The number of aromatic amines is 1. The van der Waals surface area contributed by atoms with Crippen molar-refractivity contribution in [3.8, 4) is 5.75 Å². The molecule has 3 aromatic rings. The quantitative estimate of drug-likeness (QED) is 0.139. The molecule has 0 bridgehead atoms. The van der Waals surface area contributed by atoms with Gasteiger partial charge in [-0.05, 0) is 29.2 Å². The number of aliphatic carboxylic acids is 1. The number of hydrogen-bond donors (Lipinski definition) is 7. The van der Waals surface area contributed by atoms with Crippen LogP contribution in [0.5, 0.6) is 5.75 Å². The number of amides is 3. The summed E-state index contributed by atoms with van der Waals surface area (Å²) in [5.74, 6) is -3.36. The van der Waals surface area contributed by atoms with Crippen LogP contribution in [0, 0.1) is 5.92 Å². The molecule has 0 saturated carbocycles. The smallest absolute Gasteiger partial charge is 0.326 e. The molecule has 0 fully saturated rings. The Hall–Kier alpha value is -4.71. The van der Waals surface area contributed by atoms with Gasteiger partial charge in [-0.2, -0.15) is 0 Å². The molecule has 0 spiro atoms. The van der Waals surface area contributed by atoms with E-state index in [0.29, 0.717) is 17.7 Å². The Balaban J connectivity index is 1.79. The number of carboxylic acid groups (broad SMARTS) is 1. The number of imidazole rings is 1. The summed E-state index contributed by atoms with van der Waals surface area (Å²) in [6.45, 7) is 3.66. The minimum absolute atomic E-state index is 0.00996. The van der Waals surface area contributed by atoms with Crippen LogP contribution in [0.4, 0.5) is 0 Å². The number of nitrogens with one attached hydrogen (secondary N) is 4. The fourth-order valence-electron chi connectivity index (χ4n) is 4.35. The second-order valence-corrected chi connectivity index (χ2v) is 10.3. The molecule has 224 valence electrons. The van der Waals surface area contributed by atoms with Crippen LogP contribution in [0.25, 0.3) is 0 Å². The van der Waals surface area contributed by atoms with E-state index in [1.54, 1.807) is 55.6 Å². The lowest BCUT2D eigenvalue weighted by atomic mass is 9.96. The standard InChI is InChI=1S/C30H38N6O6/c1-3-18(2)26(36-27(38)23(31)15-21-16-32-17-33-21)29(40)34-24(13-20-9-11-22(37)12-10-20)28(39)35-25(30(41)42)14-19-7-5-4-6-8-19/h4-12,16-18,23-26,37H,3,13-15,31H2,1-2H3,(H,32,33)(H,34,40)(H,35,39)(H,36,38)(H,41,42). The lowest BCUT2D eigenvalue weighted by molar-refractivity contribution is -0.142. The molecule has 2 aromatic carbocycles. The molecule has 1 heterocycles. The monoisotopic (exact) mass is 578 g/mol. The van der Waals surface area contributed by atoms with Gasteiger partial charge in [-0.1, -0.05) is 62.7 Å². The van der Waals surface area contributed by atoms with Crippen LogP contribution >= 0.6 is 0 Å². The third kappa shape index (κ3) is 9.44. The van der Waals surface area contributed by atoms with Gasteiger partial charge in [0.1, 0.15) is 23.9 Å². The van der Waals surface area contributed by atoms with Crippen LogP contribution in [0.2, 0.25) is 0 Å². The zero-order valence-corrected chi connectivity index (χ0v) is 23.6. The highest BCUT2D eigenvalue weighted by molar-refractivity contribution is 5.94. The first-order valence-corrected chi connectivity index (χ1v) is 13.8. The third-order valence-electron chi connectivity index (χ3n) is 7.03. The zero-order chi connectivity index (χ0) is 30.6. The molecule has 8 N–H and O–H groups in total. The van der Waals surface area contributed by atoms with Crippen molar-refractivity contribution in [3.05, 3.63) is 83.9 Å². The van der Waals surface area contributed by atoms with Crippen molar-refractivity contribution in [1.29, 1.82) is 0 Å². The molecule has 42 heavy (non-hydrogen) atoms. The number of aromatic nitrogens is 2. The van der Waals surface area contributed by atoms with Crippen LogP contribution in [-0.4, -0.2) is 68.0 Å². The van der Waals surface area contributed by atoms with E-state index in [2.05, 4.69) is 25.9 Å². The summed E-state index contributed by atoms with van der Waals surface area (Å²) >= 11 is 0. The van der Waals surface area contributed by atoms with E-state index in [1.165, 1.54) is 18.5 Å². The lowest BCUT2D eigenvalue weighted by Crippen LogP contribution is -2.59. The second-order valence-electron chi connectivity index (χ2n) is 10.3. The van der Waals surface area contributed by atoms with E-state index in [1.807, 2.05) is 6.92 Å². The summed E-state index contributed by atoms with van der Waals surface area (Å²) < 4.78 is 0. The number of carbonyl (C=O) groups excluding carboxylic acids is 3. The van der Waals surface area contributed by atoms with Crippen LogP contribution in [0.15, 0.2) is 67.1 Å². The van der Waals surface area contributed by atoms with Crippen LogP contribution < -0.4 is 21.7 Å². The summed E-state index contributed by atoms with van der Waals surface area (Å²) in [6.07, 6.45) is 3.81. The predicted molar refractivity (Wildman–Crippen MR) is 155 cm³/mol. The van der Waals surface area contributed by atoms with Gasteiger partial charge in [0.25, 0.3) is 0 Å².